The van der Waals surface area contributed by atoms with Crippen molar-refractivity contribution in [2.75, 3.05) is 0 Å². The number of nitrogens with one attached hydrogen (secondary N) is 1. The molecule has 4 rings (SSSR count). The summed E-state index contributed by atoms with van der Waals surface area (Å²) in [5.74, 6) is -1.55. The number of β-lactam (4-membered cyclic amide) rings is 1. The van der Waals surface area contributed by atoms with Gasteiger partial charge in [0.1, 0.15) is 34.5 Å². The quantitative estimate of drug-likeness (QED) is 0.473. The first-order valence-electron chi connectivity index (χ1n) is 8.77. The number of hydrogen-bond acceptors (Lipinski definition) is 6. The van der Waals surface area contributed by atoms with Gasteiger partial charge in [-0.05, 0) is 20.8 Å². The van der Waals surface area contributed by atoms with E-state index in [1.807, 2.05) is 30.3 Å². The van der Waals surface area contributed by atoms with Crippen LogP contribution in [-0.4, -0.2) is 55.2 Å². The van der Waals surface area contributed by atoms with E-state index in [2.05, 4.69) is 10.5 Å². The molecule has 0 spiro atoms. The molecule has 0 unspecified atom stereocenters. The molecular weight excluding hydrogens is 405 g/mol. The number of nitrogens with zero attached hydrogens (tertiary/aromatic N) is 2. The van der Waals surface area contributed by atoms with Gasteiger partial charge in [0.25, 0.3) is 5.91 Å². The minimum atomic E-state index is -1.04. The van der Waals surface area contributed by atoms with Gasteiger partial charge in [-0.15, -0.1) is 11.8 Å². The molecule has 146 valence electrons. The van der Waals surface area contributed by atoms with Crippen molar-refractivity contribution in [2.24, 2.45) is 0 Å². The number of fused-ring (bicyclic) bond motifs is 1. The smallest absolute Gasteiger partial charge is 0.480 e. The predicted molar refractivity (Wildman–Crippen MR) is 102 cm³/mol. The van der Waals surface area contributed by atoms with Crippen LogP contribution < -0.4 is 34.9 Å². The Morgan fingerprint density at radius 2 is 1.93 bits per heavy atom. The molecule has 3 atom stereocenters. The van der Waals surface area contributed by atoms with E-state index in [-0.39, 0.29) is 41.0 Å². The molecule has 8 nitrogen and oxygen atoms in total. The molecule has 2 aliphatic heterocycles. The molecule has 2 N–H and O–H groups in total. The molecule has 2 amide bonds. The average molecular weight is 424 g/mol. The number of hydrogen-bond donors (Lipinski definition) is 2. The molecule has 2 aromatic rings. The van der Waals surface area contributed by atoms with Gasteiger partial charge in [-0.25, -0.2) is 4.79 Å². The first-order chi connectivity index (χ1) is 13.2. The standard InChI is InChI=1S/C19H19N3O5S.Na/c1-9-11(12(21-27-9)10-7-5-4-6-8-10)15(23)20-13-16(24)22-14(18(25)26)19(2,3)28-17(13)22;/h4-8,13-14,17H,1-3H3,(H,20,23)(H,25,26);/q;+1/t13-,14+,17-;/m1./s1. The second kappa shape index (κ2) is 7.79. The van der Waals surface area contributed by atoms with Crippen LogP contribution in [0.3, 0.4) is 0 Å². The zero-order chi connectivity index (χ0) is 20.2. The maximum Gasteiger partial charge on any atom is 1.00 e. The molecule has 10 heteroatoms. The fourth-order valence-corrected chi connectivity index (χ4v) is 5.42. The van der Waals surface area contributed by atoms with E-state index in [4.69, 9.17) is 4.52 Å². The number of carbonyl (C=O) groups excluding carboxylic acids is 2. The van der Waals surface area contributed by atoms with Crippen molar-refractivity contribution in [3.05, 3.63) is 41.7 Å². The fraction of sp³-hybridized carbons (Fsp3) is 0.368. The summed E-state index contributed by atoms with van der Waals surface area (Å²) in [6.45, 7) is 5.22. The van der Waals surface area contributed by atoms with E-state index in [0.717, 1.165) is 5.56 Å². The minimum Gasteiger partial charge on any atom is -0.480 e. The second-order valence-electron chi connectivity index (χ2n) is 7.38. The summed E-state index contributed by atoms with van der Waals surface area (Å²) < 4.78 is 4.57. The van der Waals surface area contributed by atoms with Crippen molar-refractivity contribution >= 4 is 29.5 Å². The van der Waals surface area contributed by atoms with Gasteiger partial charge in [0.2, 0.25) is 5.91 Å². The molecule has 0 saturated carbocycles. The van der Waals surface area contributed by atoms with Gasteiger partial charge in [-0.2, -0.15) is 0 Å². The molecule has 0 aliphatic carbocycles. The molecule has 0 radical (unpaired) electrons. The molecule has 2 aliphatic rings. The number of aromatic nitrogens is 1. The van der Waals surface area contributed by atoms with E-state index in [9.17, 15) is 19.5 Å². The van der Waals surface area contributed by atoms with Crippen LogP contribution in [0.15, 0.2) is 34.9 Å². The third-order valence-corrected chi connectivity index (χ3v) is 6.67. The van der Waals surface area contributed by atoms with Gasteiger partial charge in [0.05, 0.1) is 0 Å². The summed E-state index contributed by atoms with van der Waals surface area (Å²) in [4.78, 5) is 38.5. The number of amides is 2. The molecule has 2 saturated heterocycles. The van der Waals surface area contributed by atoms with Gasteiger partial charge in [0, 0.05) is 10.3 Å². The Labute approximate surface area is 193 Å². The number of aliphatic carboxylic acids is 1. The molecule has 1 aromatic heterocycles. The van der Waals surface area contributed by atoms with E-state index in [1.165, 1.54) is 16.7 Å². The van der Waals surface area contributed by atoms with E-state index in [1.54, 1.807) is 20.8 Å². The molecule has 1 aromatic carbocycles. The van der Waals surface area contributed by atoms with Crippen LogP contribution in [0, 0.1) is 6.92 Å². The zero-order valence-corrected chi connectivity index (χ0v) is 19.3. The Morgan fingerprint density at radius 1 is 1.28 bits per heavy atom. The Kier molecular flexibility index (Phi) is 5.88. The molecule has 0 bridgehead atoms. The zero-order valence-electron chi connectivity index (χ0n) is 16.5. The van der Waals surface area contributed by atoms with Gasteiger partial charge in [-0.3, -0.25) is 9.59 Å². The monoisotopic (exact) mass is 424 g/mol. The van der Waals surface area contributed by atoms with E-state index >= 15 is 0 Å². The van der Waals surface area contributed by atoms with Crippen LogP contribution in [0.2, 0.25) is 0 Å². The third kappa shape index (κ3) is 3.50. The molecule has 2 fully saturated rings. The van der Waals surface area contributed by atoms with Gasteiger partial charge in [-0.1, -0.05) is 35.5 Å². The van der Waals surface area contributed by atoms with Gasteiger partial charge >= 0.3 is 35.5 Å². The summed E-state index contributed by atoms with van der Waals surface area (Å²) >= 11 is 1.38. The predicted octanol–water partition coefficient (Wildman–Crippen LogP) is -1.10. The number of benzene rings is 1. The van der Waals surface area contributed by atoms with E-state index in [0.29, 0.717) is 11.5 Å². The summed E-state index contributed by atoms with van der Waals surface area (Å²) in [6.07, 6.45) is 0. The topological polar surface area (TPSA) is 113 Å². The van der Waals surface area contributed by atoms with Crippen molar-refractivity contribution < 1.29 is 53.6 Å². The SMILES string of the molecule is Cc1onc(-c2ccccc2)c1C(=O)N[C@@H]1C(=O)N2[C@@H]1SC(C)(C)[C@@H]2C(=O)O.[Na+]. The maximum absolute atomic E-state index is 12.9. The van der Waals surface area contributed by atoms with Crippen molar-refractivity contribution in [3.63, 3.8) is 0 Å². The Bertz CT molecular complexity index is 977. The van der Waals surface area contributed by atoms with E-state index < -0.39 is 34.1 Å². The van der Waals surface area contributed by atoms with Crippen LogP contribution in [0.4, 0.5) is 0 Å². The number of carboxylic acids is 1. The largest absolute Gasteiger partial charge is 1.00 e. The van der Waals surface area contributed by atoms with Crippen LogP contribution in [0.1, 0.15) is 30.0 Å². The first kappa shape index (κ1) is 21.9. The van der Waals surface area contributed by atoms with Crippen molar-refractivity contribution in [3.8, 4) is 11.3 Å². The molecule has 3 heterocycles. The van der Waals surface area contributed by atoms with Crippen LogP contribution >= 0.6 is 11.8 Å². The van der Waals surface area contributed by atoms with Crippen LogP contribution in [-0.2, 0) is 9.59 Å². The summed E-state index contributed by atoms with van der Waals surface area (Å²) in [5.41, 5.74) is 1.41. The number of rotatable bonds is 4. The second-order valence-corrected chi connectivity index (χ2v) is 9.15. The third-order valence-electron chi connectivity index (χ3n) is 5.10. The first-order valence-corrected chi connectivity index (χ1v) is 9.65. The normalized spacial score (nSPS) is 24.3. The average Bonchev–Trinajstić information content (AvgIpc) is 3.15. The minimum absolute atomic E-state index is 0. The Morgan fingerprint density at radius 3 is 2.55 bits per heavy atom. The van der Waals surface area contributed by atoms with Gasteiger partial charge < -0.3 is 19.8 Å². The number of thioether (sulfide) groups is 1. The van der Waals surface area contributed by atoms with Crippen LogP contribution in [0.25, 0.3) is 11.3 Å². The van der Waals surface area contributed by atoms with Crippen LogP contribution in [0.5, 0.6) is 0 Å². The fourth-order valence-electron chi connectivity index (χ4n) is 3.79. The Hall–Kier alpha value is -1.81. The molecular formula is C19H19N3NaO5S+. The van der Waals surface area contributed by atoms with Crippen molar-refractivity contribution in [1.29, 1.82) is 0 Å². The van der Waals surface area contributed by atoms with Crippen molar-refractivity contribution in [1.82, 2.24) is 15.4 Å². The van der Waals surface area contributed by atoms with Gasteiger partial charge in [0.15, 0.2) is 0 Å². The number of carbonyl (C=O) groups is 3. The van der Waals surface area contributed by atoms with Crippen molar-refractivity contribution in [2.45, 2.75) is 43.0 Å². The number of carboxylic acid groups (broad SMARTS) is 1. The maximum atomic E-state index is 12.9. The Balaban J connectivity index is 0.00000240. The summed E-state index contributed by atoms with van der Waals surface area (Å²) in [5, 5.41) is 15.8. The molecule has 29 heavy (non-hydrogen) atoms. The number of aryl methyl sites for hydroxylation is 1. The summed E-state index contributed by atoms with van der Waals surface area (Å²) in [7, 11) is 0. The summed E-state index contributed by atoms with van der Waals surface area (Å²) in [6, 6.07) is 7.46.